The van der Waals surface area contributed by atoms with E-state index in [2.05, 4.69) is 11.4 Å². The van der Waals surface area contributed by atoms with Crippen LogP contribution in [0.2, 0.25) is 0 Å². The van der Waals surface area contributed by atoms with Gasteiger partial charge in [-0.15, -0.1) is 0 Å². The zero-order valence-electron chi connectivity index (χ0n) is 15.7. The molecule has 0 spiro atoms. The molecule has 4 heteroatoms. The lowest BCUT2D eigenvalue weighted by molar-refractivity contribution is 0.0963. The lowest BCUT2D eigenvalue weighted by Gasteiger charge is -2.24. The van der Waals surface area contributed by atoms with E-state index in [0.717, 1.165) is 22.5 Å². The molecule has 1 amide bonds. The molecule has 1 aliphatic heterocycles. The molecule has 0 radical (unpaired) electrons. The molecule has 1 heterocycles. The summed E-state index contributed by atoms with van der Waals surface area (Å²) in [7, 11) is 0. The van der Waals surface area contributed by atoms with Crippen molar-refractivity contribution in [1.82, 2.24) is 5.32 Å². The quantitative estimate of drug-likeness (QED) is 0.730. The van der Waals surface area contributed by atoms with Crippen LogP contribution >= 0.6 is 0 Å². The first kappa shape index (κ1) is 18.4. The first-order valence-electron chi connectivity index (χ1n) is 9.42. The summed E-state index contributed by atoms with van der Waals surface area (Å²) in [6.07, 6.45) is 1.95. The maximum absolute atomic E-state index is 12.9. The molecule has 0 fully saturated rings. The largest absolute Gasteiger partial charge is 0.325 e. The van der Waals surface area contributed by atoms with Crippen LogP contribution < -0.4 is 5.32 Å². The highest BCUT2D eigenvalue weighted by atomic mass is 16.1. The number of nitrogens with zero attached hydrogens (tertiary/aromatic N) is 2. The predicted molar refractivity (Wildman–Crippen MR) is 114 cm³/mol. The number of carbonyl (C=O) groups excluding carboxylic acids is 1. The average Bonchev–Trinajstić information content (AvgIpc) is 2.80. The molecule has 0 aliphatic carbocycles. The number of benzene rings is 3. The molecule has 1 N–H and O–H groups in total. The number of dihydropyridines is 1. The second kappa shape index (κ2) is 8.37. The summed E-state index contributed by atoms with van der Waals surface area (Å²) in [5.41, 5.74) is 4.68. The number of nitrogens with one attached hydrogen (secondary N) is 1. The fourth-order valence-electron chi connectivity index (χ4n) is 3.39. The van der Waals surface area contributed by atoms with Crippen LogP contribution in [0.5, 0.6) is 0 Å². The van der Waals surface area contributed by atoms with Crippen molar-refractivity contribution in [3.8, 4) is 6.07 Å². The Hall–Kier alpha value is -3.97. The zero-order chi connectivity index (χ0) is 20.1. The molecule has 1 aliphatic rings. The first-order valence-corrected chi connectivity index (χ1v) is 9.42. The topological polar surface area (TPSA) is 65.2 Å². The predicted octanol–water partition coefficient (Wildman–Crippen LogP) is 4.46. The van der Waals surface area contributed by atoms with Crippen molar-refractivity contribution in [1.29, 1.82) is 5.26 Å². The molecule has 140 valence electrons. The van der Waals surface area contributed by atoms with Gasteiger partial charge in [-0.1, -0.05) is 66.7 Å². The lowest BCUT2D eigenvalue weighted by Crippen LogP contribution is -2.30. The van der Waals surface area contributed by atoms with Gasteiger partial charge in [-0.25, -0.2) is 0 Å². The van der Waals surface area contributed by atoms with Crippen molar-refractivity contribution in [3.05, 3.63) is 119 Å². The molecule has 4 rings (SSSR count). The first-order chi connectivity index (χ1) is 14.2. The van der Waals surface area contributed by atoms with E-state index in [0.29, 0.717) is 17.7 Å². The molecular formula is C25H19N3O. The molecular weight excluding hydrogens is 358 g/mol. The second-order valence-corrected chi connectivity index (χ2v) is 6.80. The van der Waals surface area contributed by atoms with Crippen molar-refractivity contribution in [2.45, 2.75) is 5.92 Å². The number of carbonyl (C=O) groups is 1. The van der Waals surface area contributed by atoms with Gasteiger partial charge in [-0.2, -0.15) is 5.26 Å². The van der Waals surface area contributed by atoms with Crippen LogP contribution in [-0.2, 0) is 0 Å². The van der Waals surface area contributed by atoms with E-state index in [4.69, 9.17) is 10.3 Å². The van der Waals surface area contributed by atoms with Crippen LogP contribution in [-0.4, -0.2) is 18.2 Å². The number of aliphatic imine (C=N–C) groups is 1. The van der Waals surface area contributed by atoms with Gasteiger partial charge in [-0.05, 0) is 35.4 Å². The van der Waals surface area contributed by atoms with Crippen molar-refractivity contribution >= 4 is 11.6 Å². The van der Waals surface area contributed by atoms with Crippen molar-refractivity contribution < 1.29 is 4.79 Å². The van der Waals surface area contributed by atoms with Crippen molar-refractivity contribution in [3.63, 3.8) is 0 Å². The summed E-state index contributed by atoms with van der Waals surface area (Å²) in [5, 5.41) is 12.2. The maximum atomic E-state index is 12.9. The number of amides is 1. The van der Waals surface area contributed by atoms with Crippen LogP contribution in [0.4, 0.5) is 0 Å². The normalized spacial score (nSPS) is 15.6. The van der Waals surface area contributed by atoms with E-state index in [1.54, 1.807) is 24.3 Å². The van der Waals surface area contributed by atoms with E-state index in [1.807, 2.05) is 66.7 Å². The average molecular weight is 377 g/mol. The highest BCUT2D eigenvalue weighted by Crippen LogP contribution is 2.27. The molecule has 1 atom stereocenters. The fraction of sp³-hybridized carbons (Fsp3) is 0.0800. The third-order valence-electron chi connectivity index (χ3n) is 4.90. The third kappa shape index (κ3) is 4.15. The van der Waals surface area contributed by atoms with Crippen LogP contribution in [0.3, 0.4) is 0 Å². The molecule has 0 saturated heterocycles. The third-order valence-corrected chi connectivity index (χ3v) is 4.90. The molecule has 1 unspecified atom stereocenters. The summed E-state index contributed by atoms with van der Waals surface area (Å²) in [6.45, 7) is 0.554. The van der Waals surface area contributed by atoms with Gasteiger partial charge in [0.25, 0.3) is 5.91 Å². The summed E-state index contributed by atoms with van der Waals surface area (Å²) >= 11 is 0. The van der Waals surface area contributed by atoms with Gasteiger partial charge in [0, 0.05) is 17.2 Å². The van der Waals surface area contributed by atoms with E-state index in [-0.39, 0.29) is 11.8 Å². The molecule has 0 bridgehead atoms. The summed E-state index contributed by atoms with van der Waals surface area (Å²) in [6, 6.07) is 28.8. The highest BCUT2D eigenvalue weighted by Gasteiger charge is 2.23. The summed E-state index contributed by atoms with van der Waals surface area (Å²) in [4.78, 5) is 17.7. The number of hydrogen-bond acceptors (Lipinski definition) is 3. The molecule has 0 saturated carbocycles. The second-order valence-electron chi connectivity index (χ2n) is 6.80. The number of hydrogen-bond donors (Lipinski definition) is 1. The summed E-state index contributed by atoms with van der Waals surface area (Å²) < 4.78 is 0. The Bertz CT molecular complexity index is 1130. The SMILES string of the molecule is N#Cc1cccc(C(=O)NC2=CC(c3ccccc3)=NCC2c2ccccc2)c1. The minimum Gasteiger partial charge on any atom is -0.325 e. The van der Waals surface area contributed by atoms with Crippen LogP contribution in [0, 0.1) is 11.3 Å². The molecule has 3 aromatic rings. The van der Waals surface area contributed by atoms with Gasteiger partial charge in [0.05, 0.1) is 23.9 Å². The number of allylic oxidation sites excluding steroid dienone is 1. The Morgan fingerprint density at radius 1 is 0.966 bits per heavy atom. The fourth-order valence-corrected chi connectivity index (χ4v) is 3.39. The van der Waals surface area contributed by atoms with E-state index >= 15 is 0 Å². The molecule has 3 aromatic carbocycles. The Labute approximate surface area is 169 Å². The minimum atomic E-state index is -0.233. The monoisotopic (exact) mass is 377 g/mol. The zero-order valence-corrected chi connectivity index (χ0v) is 15.7. The molecule has 0 aromatic heterocycles. The summed E-state index contributed by atoms with van der Waals surface area (Å²) in [5.74, 6) is -0.268. The minimum absolute atomic E-state index is 0.0354. The van der Waals surface area contributed by atoms with Gasteiger partial charge >= 0.3 is 0 Å². The van der Waals surface area contributed by atoms with E-state index < -0.39 is 0 Å². The Balaban J connectivity index is 1.67. The van der Waals surface area contributed by atoms with Crippen molar-refractivity contribution in [2.24, 2.45) is 4.99 Å². The lowest BCUT2D eigenvalue weighted by atomic mass is 9.91. The van der Waals surface area contributed by atoms with Gasteiger partial charge < -0.3 is 5.32 Å². The number of nitriles is 1. The Morgan fingerprint density at radius 2 is 1.69 bits per heavy atom. The molecule has 29 heavy (non-hydrogen) atoms. The maximum Gasteiger partial charge on any atom is 0.255 e. The van der Waals surface area contributed by atoms with Crippen LogP contribution in [0.1, 0.15) is 33.0 Å². The molecule has 4 nitrogen and oxygen atoms in total. The van der Waals surface area contributed by atoms with E-state index in [1.165, 1.54) is 0 Å². The van der Waals surface area contributed by atoms with Crippen LogP contribution in [0.15, 0.2) is 102 Å². The standard InChI is InChI=1S/C25H19N3O/c26-16-18-8-7-13-21(14-18)25(29)28-24-15-23(20-11-5-2-6-12-20)27-17-22(24)19-9-3-1-4-10-19/h1-15,22H,17H2,(H,28,29). The highest BCUT2D eigenvalue weighted by molar-refractivity contribution is 6.10. The van der Waals surface area contributed by atoms with E-state index in [9.17, 15) is 4.79 Å². The number of rotatable bonds is 4. The van der Waals surface area contributed by atoms with Crippen LogP contribution in [0.25, 0.3) is 0 Å². The Morgan fingerprint density at radius 3 is 2.41 bits per heavy atom. The van der Waals surface area contributed by atoms with Gasteiger partial charge in [0.15, 0.2) is 0 Å². The van der Waals surface area contributed by atoms with Gasteiger partial charge in [-0.3, -0.25) is 9.79 Å². The van der Waals surface area contributed by atoms with Crippen molar-refractivity contribution in [2.75, 3.05) is 6.54 Å². The Kier molecular flexibility index (Phi) is 5.31. The smallest absolute Gasteiger partial charge is 0.255 e. The van der Waals surface area contributed by atoms with Gasteiger partial charge in [0.2, 0.25) is 0 Å². The van der Waals surface area contributed by atoms with Gasteiger partial charge in [0.1, 0.15) is 0 Å².